The van der Waals surface area contributed by atoms with E-state index in [0.29, 0.717) is 24.7 Å². The first-order chi connectivity index (χ1) is 29.9. The molecule has 7 heterocycles. The number of aryl methyl sites for hydroxylation is 1. The zero-order valence-corrected chi connectivity index (χ0v) is 36.6. The zero-order chi connectivity index (χ0) is 43.1. The SMILES string of the molecule is Cc1cc(-c2ncnc3[nH]c(-c4cnc(N5CCN(CC6CCN(c7ccc(N8CCC(=O)NC8=O)cc7)CC6)CC5)s4)cc23)ccc1C(C)NC(=O)c1nc(C(C)(C)C)no1. The van der Waals surface area contributed by atoms with Crippen LogP contribution >= 0.6 is 11.3 Å². The molecule has 3 aliphatic heterocycles. The zero-order valence-electron chi connectivity index (χ0n) is 35.8. The Morgan fingerprint density at radius 1 is 0.935 bits per heavy atom. The van der Waals surface area contributed by atoms with E-state index in [1.165, 1.54) is 5.69 Å². The summed E-state index contributed by atoms with van der Waals surface area (Å²) in [6.45, 7) is 17.3. The predicted molar refractivity (Wildman–Crippen MR) is 240 cm³/mol. The quantitative estimate of drug-likeness (QED) is 0.133. The van der Waals surface area contributed by atoms with E-state index in [2.05, 4.69) is 69.7 Å². The van der Waals surface area contributed by atoms with Crippen molar-refractivity contribution < 1.29 is 18.9 Å². The van der Waals surface area contributed by atoms with Crippen LogP contribution in [0.4, 0.5) is 21.3 Å². The van der Waals surface area contributed by atoms with Gasteiger partial charge in [0.2, 0.25) is 5.91 Å². The Kier molecular flexibility index (Phi) is 11.2. The monoisotopic (exact) mass is 856 g/mol. The molecule has 17 heteroatoms. The third-order valence-corrected chi connectivity index (χ3v) is 13.3. The number of carbonyl (C=O) groups is 3. The van der Waals surface area contributed by atoms with Crippen LogP contribution in [0.2, 0.25) is 0 Å². The summed E-state index contributed by atoms with van der Waals surface area (Å²) in [7, 11) is 0. The van der Waals surface area contributed by atoms with Crippen molar-refractivity contribution in [3.05, 3.63) is 83.9 Å². The minimum Gasteiger partial charge on any atom is -0.372 e. The van der Waals surface area contributed by atoms with Crippen LogP contribution in [-0.4, -0.2) is 105 Å². The molecule has 0 saturated carbocycles. The third-order valence-electron chi connectivity index (χ3n) is 12.2. The normalized spacial score (nSPS) is 17.5. The van der Waals surface area contributed by atoms with Crippen molar-refractivity contribution in [2.24, 2.45) is 5.92 Å². The Bertz CT molecular complexity index is 2600. The van der Waals surface area contributed by atoms with Crippen LogP contribution in [-0.2, 0) is 10.2 Å². The molecule has 62 heavy (non-hydrogen) atoms. The van der Waals surface area contributed by atoms with Gasteiger partial charge in [-0.3, -0.25) is 24.7 Å². The number of hydrogen-bond acceptors (Lipinski definition) is 13. The highest BCUT2D eigenvalue weighted by Gasteiger charge is 2.28. The Balaban J connectivity index is 0.775. The van der Waals surface area contributed by atoms with Crippen molar-refractivity contribution in [2.45, 2.75) is 65.3 Å². The molecule has 1 unspecified atom stereocenters. The number of piperazine rings is 1. The molecule has 0 radical (unpaired) electrons. The lowest BCUT2D eigenvalue weighted by molar-refractivity contribution is -0.120. The molecule has 4 aromatic heterocycles. The second kappa shape index (κ2) is 16.9. The lowest BCUT2D eigenvalue weighted by atomic mass is 9.95. The summed E-state index contributed by atoms with van der Waals surface area (Å²) in [5, 5.41) is 11.3. The Hall–Kier alpha value is -6.20. The predicted octanol–water partition coefficient (Wildman–Crippen LogP) is 6.71. The van der Waals surface area contributed by atoms with Gasteiger partial charge >= 0.3 is 17.8 Å². The summed E-state index contributed by atoms with van der Waals surface area (Å²) >= 11 is 1.69. The topological polar surface area (TPSA) is 182 Å². The molecule has 322 valence electrons. The number of aromatic nitrogens is 6. The van der Waals surface area contributed by atoms with Gasteiger partial charge in [-0.2, -0.15) is 4.98 Å². The molecule has 6 aromatic rings. The molecule has 0 bridgehead atoms. The number of anilines is 3. The molecular formula is C45H52N12O4S. The standard InChI is InChI=1S/C45H52N12O4S/c1-27-22-30(6-11-33(27)28(2)49-40(59)41-52-42(53-61-41)45(3,4)5)38-34-23-35(50-39(34)48-26-47-38)36-24-46-44(62-36)56-20-18-54(19-21-56)25-29-12-15-55(16-13-29)31-7-9-32(10-8-31)57-17-14-37(58)51-43(57)60/h6-11,22-24,26,28-29H,12-21,25H2,1-5H3,(H,49,59)(H,47,48,50)(H,51,58,60). The highest BCUT2D eigenvalue weighted by atomic mass is 32.1. The number of carbonyl (C=O) groups excluding carboxylic acids is 3. The molecule has 2 aromatic carbocycles. The first-order valence-electron chi connectivity index (χ1n) is 21.4. The van der Waals surface area contributed by atoms with Crippen molar-refractivity contribution in [3.8, 4) is 21.8 Å². The lowest BCUT2D eigenvalue weighted by Crippen LogP contribution is -2.49. The average molecular weight is 857 g/mol. The molecule has 9 rings (SSSR count). The number of rotatable bonds is 10. The van der Waals surface area contributed by atoms with Gasteiger partial charge in [-0.25, -0.2) is 19.7 Å². The summed E-state index contributed by atoms with van der Waals surface area (Å²) < 4.78 is 5.25. The molecule has 3 saturated heterocycles. The van der Waals surface area contributed by atoms with Crippen molar-refractivity contribution >= 4 is 56.7 Å². The van der Waals surface area contributed by atoms with E-state index in [-0.39, 0.29) is 29.3 Å². The second-order valence-electron chi connectivity index (χ2n) is 17.6. The van der Waals surface area contributed by atoms with E-state index in [1.807, 2.05) is 65.1 Å². The molecule has 3 N–H and O–H groups in total. The van der Waals surface area contributed by atoms with Gasteiger partial charge in [0.25, 0.3) is 0 Å². The maximum Gasteiger partial charge on any atom is 0.328 e. The second-order valence-corrected chi connectivity index (χ2v) is 18.6. The number of nitrogens with one attached hydrogen (secondary N) is 3. The maximum absolute atomic E-state index is 12.9. The van der Waals surface area contributed by atoms with E-state index in [9.17, 15) is 14.4 Å². The molecule has 16 nitrogen and oxygen atoms in total. The largest absolute Gasteiger partial charge is 0.372 e. The van der Waals surface area contributed by atoms with E-state index in [0.717, 1.165) is 113 Å². The van der Waals surface area contributed by atoms with Gasteiger partial charge < -0.3 is 24.6 Å². The van der Waals surface area contributed by atoms with Crippen molar-refractivity contribution in [3.63, 3.8) is 0 Å². The molecule has 3 aliphatic rings. The summed E-state index contributed by atoms with van der Waals surface area (Å²) in [6.07, 6.45) is 6.16. The smallest absolute Gasteiger partial charge is 0.328 e. The van der Waals surface area contributed by atoms with Crippen molar-refractivity contribution in [1.29, 1.82) is 0 Å². The van der Waals surface area contributed by atoms with Crippen LogP contribution in [0.25, 0.3) is 32.9 Å². The Labute approximate surface area is 364 Å². The average Bonchev–Trinajstić information content (AvgIpc) is 4.05. The number of nitrogens with zero attached hydrogens (tertiary/aromatic N) is 9. The number of urea groups is 1. The van der Waals surface area contributed by atoms with Gasteiger partial charge in [0, 0.05) is 92.7 Å². The summed E-state index contributed by atoms with van der Waals surface area (Å²) in [4.78, 5) is 68.8. The molecular weight excluding hydrogens is 805 g/mol. The third kappa shape index (κ3) is 8.63. The summed E-state index contributed by atoms with van der Waals surface area (Å²) in [5.74, 6) is 0.473. The molecule has 4 amide bonds. The number of aromatic amines is 1. The van der Waals surface area contributed by atoms with E-state index in [4.69, 9.17) is 14.5 Å². The molecule has 3 fully saturated rings. The minimum atomic E-state index is -0.409. The van der Waals surface area contributed by atoms with Crippen LogP contribution < -0.4 is 25.3 Å². The number of thiazole rings is 1. The van der Waals surface area contributed by atoms with Crippen molar-refractivity contribution in [2.75, 3.05) is 67.1 Å². The fourth-order valence-corrected chi connectivity index (χ4v) is 9.56. The van der Waals surface area contributed by atoms with Gasteiger partial charge in [0.05, 0.1) is 22.3 Å². The van der Waals surface area contributed by atoms with Crippen molar-refractivity contribution in [1.82, 2.24) is 45.6 Å². The highest BCUT2D eigenvalue weighted by Crippen LogP contribution is 2.36. The van der Waals surface area contributed by atoms with Gasteiger partial charge in [-0.15, -0.1) is 0 Å². The molecule has 0 spiro atoms. The fourth-order valence-electron chi connectivity index (χ4n) is 8.62. The van der Waals surface area contributed by atoms with Gasteiger partial charge in [0.15, 0.2) is 11.0 Å². The summed E-state index contributed by atoms with van der Waals surface area (Å²) in [6, 6.07) is 15.8. The maximum atomic E-state index is 12.9. The summed E-state index contributed by atoms with van der Waals surface area (Å²) in [5.41, 5.74) is 7.16. The van der Waals surface area contributed by atoms with Crippen LogP contribution in [0.5, 0.6) is 0 Å². The number of hydrogen-bond donors (Lipinski definition) is 3. The minimum absolute atomic E-state index is 0.0482. The lowest BCUT2D eigenvalue weighted by Gasteiger charge is -2.39. The molecule has 1 atom stereocenters. The fraction of sp³-hybridized carbons (Fsp3) is 0.422. The molecule has 0 aliphatic carbocycles. The number of H-pyrrole nitrogens is 1. The van der Waals surface area contributed by atoms with Crippen LogP contribution in [0.1, 0.15) is 80.6 Å². The Morgan fingerprint density at radius 3 is 2.40 bits per heavy atom. The van der Waals surface area contributed by atoms with Gasteiger partial charge in [-0.1, -0.05) is 49.4 Å². The number of benzene rings is 2. The van der Waals surface area contributed by atoms with E-state index >= 15 is 0 Å². The number of imide groups is 1. The van der Waals surface area contributed by atoms with Crippen LogP contribution in [0, 0.1) is 12.8 Å². The first-order valence-corrected chi connectivity index (χ1v) is 22.2. The van der Waals surface area contributed by atoms with E-state index < -0.39 is 5.91 Å². The van der Waals surface area contributed by atoms with E-state index in [1.54, 1.807) is 22.6 Å². The first kappa shape index (κ1) is 41.2. The Morgan fingerprint density at radius 2 is 1.69 bits per heavy atom. The highest BCUT2D eigenvalue weighted by molar-refractivity contribution is 7.18. The number of piperidine rings is 1. The number of fused-ring (bicyclic) bond motifs is 1. The van der Waals surface area contributed by atoms with Gasteiger partial charge in [-0.05, 0) is 80.1 Å². The van der Waals surface area contributed by atoms with Crippen LogP contribution in [0.15, 0.2) is 65.6 Å². The number of amides is 4. The van der Waals surface area contributed by atoms with Crippen LogP contribution in [0.3, 0.4) is 0 Å². The van der Waals surface area contributed by atoms with Gasteiger partial charge in [0.1, 0.15) is 12.0 Å².